The van der Waals surface area contributed by atoms with Crippen LogP contribution in [0, 0.1) is 5.92 Å². The van der Waals surface area contributed by atoms with Gasteiger partial charge < -0.3 is 15.4 Å². The zero-order valence-corrected chi connectivity index (χ0v) is 19.0. The Morgan fingerprint density at radius 3 is 2.28 bits per heavy atom. The largest absolute Gasteiger partial charge is 0.497 e. The van der Waals surface area contributed by atoms with E-state index >= 15 is 0 Å². The lowest BCUT2D eigenvalue weighted by Crippen LogP contribution is -2.34. The molecule has 5 rings (SSSR count). The molecule has 3 atom stereocenters. The fourth-order valence-electron chi connectivity index (χ4n) is 4.62. The van der Waals surface area contributed by atoms with E-state index in [9.17, 15) is 4.79 Å². The number of Topliss-reactive ketones (excluding diaryl/α,β-unsaturated/α-hetero) is 1. The smallest absolute Gasteiger partial charge is 0.145 e. The molecule has 0 unspecified atom stereocenters. The van der Waals surface area contributed by atoms with Gasteiger partial charge in [0.05, 0.1) is 30.4 Å². The Morgan fingerprint density at radius 2 is 1.59 bits per heavy atom. The Labute approximate surface area is 197 Å². The number of hydrogen-bond acceptors (Lipinski definition) is 4. The van der Waals surface area contributed by atoms with Crippen molar-refractivity contribution in [2.24, 2.45) is 5.92 Å². The molecule has 0 spiro atoms. The zero-order chi connectivity index (χ0) is 22.2. The molecule has 1 aliphatic heterocycles. The summed E-state index contributed by atoms with van der Waals surface area (Å²) in [5.74, 6) is 0.465. The number of rotatable bonds is 3. The summed E-state index contributed by atoms with van der Waals surface area (Å²) in [5, 5.41) is 8.15. The number of carbonyl (C=O) groups is 1. The number of halogens is 2. The second-order valence-electron chi connectivity index (χ2n) is 8.08. The lowest BCUT2D eigenvalue weighted by Gasteiger charge is -2.33. The third kappa shape index (κ3) is 3.74. The van der Waals surface area contributed by atoms with Crippen LogP contribution in [0.1, 0.15) is 29.5 Å². The van der Waals surface area contributed by atoms with Gasteiger partial charge in [0.25, 0.3) is 0 Å². The Bertz CT molecular complexity index is 1190. The summed E-state index contributed by atoms with van der Waals surface area (Å²) in [6, 6.07) is 20.8. The standard InChI is InChI=1S/C26H22Cl2N2O2/c1-32-17-11-9-15(10-12-17)16-13-22-25(23(31)14-16)26(24-18(27)5-4-6-19(24)28)30-21-8-3-2-7-20(21)29-22/h2-13,16,25-26,29-30H,14H2,1H3/t16-,25+,26+/m0/s1. The van der Waals surface area contributed by atoms with Crippen LogP contribution in [-0.4, -0.2) is 12.9 Å². The molecule has 0 bridgehead atoms. The molecule has 2 N–H and O–H groups in total. The fraction of sp³-hybridized carbons (Fsp3) is 0.192. The average Bonchev–Trinajstić information content (AvgIpc) is 2.96. The predicted molar refractivity (Wildman–Crippen MR) is 130 cm³/mol. The van der Waals surface area contributed by atoms with Crippen molar-refractivity contribution in [3.8, 4) is 5.75 Å². The molecule has 162 valence electrons. The Balaban J connectivity index is 1.63. The van der Waals surface area contributed by atoms with Gasteiger partial charge in [0.15, 0.2) is 0 Å². The number of anilines is 2. The van der Waals surface area contributed by atoms with E-state index in [1.54, 1.807) is 7.11 Å². The molecule has 1 aliphatic carbocycles. The molecule has 0 radical (unpaired) electrons. The van der Waals surface area contributed by atoms with E-state index in [0.29, 0.717) is 16.5 Å². The predicted octanol–water partition coefficient (Wildman–Crippen LogP) is 6.84. The van der Waals surface area contributed by atoms with Crippen molar-refractivity contribution in [3.05, 3.63) is 99.7 Å². The highest BCUT2D eigenvalue weighted by atomic mass is 35.5. The van der Waals surface area contributed by atoms with E-state index in [0.717, 1.165) is 33.9 Å². The van der Waals surface area contributed by atoms with Gasteiger partial charge in [-0.05, 0) is 42.0 Å². The Hall–Kier alpha value is -2.95. The van der Waals surface area contributed by atoms with Crippen LogP contribution in [-0.2, 0) is 4.79 Å². The Morgan fingerprint density at radius 1 is 0.906 bits per heavy atom. The van der Waals surface area contributed by atoms with Gasteiger partial charge in [-0.1, -0.05) is 59.6 Å². The van der Waals surface area contributed by atoms with Gasteiger partial charge in [-0.3, -0.25) is 4.79 Å². The van der Waals surface area contributed by atoms with Crippen molar-refractivity contribution < 1.29 is 9.53 Å². The maximum Gasteiger partial charge on any atom is 0.145 e. The highest BCUT2D eigenvalue weighted by Gasteiger charge is 2.41. The van der Waals surface area contributed by atoms with Crippen molar-refractivity contribution in [2.75, 3.05) is 17.7 Å². The SMILES string of the molecule is COc1ccc([C@H]2C=C3Nc4ccccc4N[C@H](c4c(Cl)cccc4Cl)[C@H]3C(=O)C2)cc1. The summed E-state index contributed by atoms with van der Waals surface area (Å²) in [6.07, 6.45) is 2.56. The number of ether oxygens (including phenoxy) is 1. The van der Waals surface area contributed by atoms with Gasteiger partial charge in [-0.25, -0.2) is 0 Å². The van der Waals surface area contributed by atoms with Crippen LogP contribution in [0.3, 0.4) is 0 Å². The molecule has 3 aromatic rings. The number of fused-ring (bicyclic) bond motifs is 2. The number of ketones is 1. The first-order valence-corrected chi connectivity index (χ1v) is 11.3. The second-order valence-corrected chi connectivity index (χ2v) is 8.89. The van der Waals surface area contributed by atoms with Crippen LogP contribution in [0.4, 0.5) is 11.4 Å². The lowest BCUT2D eigenvalue weighted by atomic mass is 9.76. The molecule has 4 nitrogen and oxygen atoms in total. The third-order valence-electron chi connectivity index (χ3n) is 6.19. The summed E-state index contributed by atoms with van der Waals surface area (Å²) in [7, 11) is 1.64. The summed E-state index contributed by atoms with van der Waals surface area (Å²) in [5.41, 5.74) is 4.49. The molecule has 0 saturated heterocycles. The van der Waals surface area contributed by atoms with Gasteiger partial charge in [-0.2, -0.15) is 0 Å². The summed E-state index contributed by atoms with van der Waals surface area (Å²) < 4.78 is 5.28. The molecular formula is C26H22Cl2N2O2. The van der Waals surface area contributed by atoms with Crippen molar-refractivity contribution in [3.63, 3.8) is 0 Å². The molecule has 0 aromatic heterocycles. The normalized spacial score (nSPS) is 21.9. The van der Waals surface area contributed by atoms with Crippen LogP contribution < -0.4 is 15.4 Å². The van der Waals surface area contributed by atoms with Crippen molar-refractivity contribution in [2.45, 2.75) is 18.4 Å². The number of allylic oxidation sites excluding steroid dienone is 1. The molecule has 0 saturated carbocycles. The molecule has 0 fully saturated rings. The molecule has 0 amide bonds. The minimum Gasteiger partial charge on any atom is -0.497 e. The van der Waals surface area contributed by atoms with Gasteiger partial charge in [-0.15, -0.1) is 0 Å². The van der Waals surface area contributed by atoms with E-state index < -0.39 is 5.92 Å². The van der Waals surface area contributed by atoms with Crippen LogP contribution in [0.15, 0.2) is 78.5 Å². The second kappa shape index (κ2) is 8.53. The Kier molecular flexibility index (Phi) is 5.58. The molecule has 2 aliphatic rings. The first-order valence-electron chi connectivity index (χ1n) is 10.5. The molecule has 3 aromatic carbocycles. The van der Waals surface area contributed by atoms with Crippen LogP contribution in [0.25, 0.3) is 0 Å². The first kappa shape index (κ1) is 20.9. The number of para-hydroxylation sites is 2. The average molecular weight is 465 g/mol. The molecule has 6 heteroatoms. The van der Waals surface area contributed by atoms with E-state index in [1.807, 2.05) is 66.7 Å². The number of carbonyl (C=O) groups excluding carboxylic acids is 1. The highest BCUT2D eigenvalue weighted by Crippen LogP contribution is 2.47. The minimum absolute atomic E-state index is 0.0280. The number of nitrogens with one attached hydrogen (secondary N) is 2. The van der Waals surface area contributed by atoms with Gasteiger partial charge in [0.2, 0.25) is 0 Å². The first-order chi connectivity index (χ1) is 15.5. The van der Waals surface area contributed by atoms with E-state index in [4.69, 9.17) is 27.9 Å². The van der Waals surface area contributed by atoms with Crippen LogP contribution >= 0.6 is 23.2 Å². The number of hydrogen-bond donors (Lipinski definition) is 2. The van der Waals surface area contributed by atoms with Gasteiger partial charge in [0, 0.05) is 33.6 Å². The molecule has 32 heavy (non-hydrogen) atoms. The van der Waals surface area contributed by atoms with Crippen molar-refractivity contribution in [1.82, 2.24) is 0 Å². The van der Waals surface area contributed by atoms with E-state index in [2.05, 4.69) is 16.7 Å². The van der Waals surface area contributed by atoms with Crippen molar-refractivity contribution in [1.29, 1.82) is 0 Å². The summed E-state index contributed by atoms with van der Waals surface area (Å²) in [6.45, 7) is 0. The van der Waals surface area contributed by atoms with E-state index in [-0.39, 0.29) is 17.7 Å². The van der Waals surface area contributed by atoms with Crippen molar-refractivity contribution >= 4 is 40.4 Å². The fourth-order valence-corrected chi connectivity index (χ4v) is 5.25. The maximum absolute atomic E-state index is 13.6. The number of methoxy groups -OCH3 is 1. The van der Waals surface area contributed by atoms with E-state index in [1.165, 1.54) is 0 Å². The quantitative estimate of drug-likeness (QED) is 0.445. The topological polar surface area (TPSA) is 50.4 Å². The highest BCUT2D eigenvalue weighted by molar-refractivity contribution is 6.36. The monoisotopic (exact) mass is 464 g/mol. The number of benzene rings is 3. The van der Waals surface area contributed by atoms with Gasteiger partial charge >= 0.3 is 0 Å². The third-order valence-corrected chi connectivity index (χ3v) is 6.85. The maximum atomic E-state index is 13.6. The minimum atomic E-state index is -0.436. The van der Waals surface area contributed by atoms with Crippen LogP contribution in [0.2, 0.25) is 10.0 Å². The lowest BCUT2D eigenvalue weighted by molar-refractivity contribution is -0.122. The van der Waals surface area contributed by atoms with Gasteiger partial charge in [0.1, 0.15) is 11.5 Å². The summed E-state index contributed by atoms with van der Waals surface area (Å²) >= 11 is 13.2. The summed E-state index contributed by atoms with van der Waals surface area (Å²) in [4.78, 5) is 13.6. The molecular weight excluding hydrogens is 443 g/mol. The van der Waals surface area contributed by atoms with Crippen LogP contribution in [0.5, 0.6) is 5.75 Å². The zero-order valence-electron chi connectivity index (χ0n) is 17.4. The molecule has 1 heterocycles.